The van der Waals surface area contributed by atoms with E-state index in [2.05, 4.69) is 26.7 Å². The Kier molecular flexibility index (Phi) is 4.47. The SMILES string of the molecule is CC(C)C(O)N(C)c1cnc(Cl)nc1-c1cn(C)c2ccccc12. The highest BCUT2D eigenvalue weighted by Crippen LogP contribution is 2.35. The number of aromatic nitrogens is 3. The first-order chi connectivity index (χ1) is 11.4. The summed E-state index contributed by atoms with van der Waals surface area (Å²) in [7, 11) is 3.84. The zero-order valence-electron chi connectivity index (χ0n) is 14.2. The summed E-state index contributed by atoms with van der Waals surface area (Å²) in [5.74, 6) is 0.0750. The average Bonchev–Trinajstić information content (AvgIpc) is 2.90. The number of hydrogen-bond acceptors (Lipinski definition) is 4. The van der Waals surface area contributed by atoms with Gasteiger partial charge >= 0.3 is 0 Å². The third-order valence-corrected chi connectivity index (χ3v) is 4.45. The standard InChI is InChI=1S/C18H21ClN4O/c1-11(2)17(24)23(4)15-9-20-18(19)21-16(15)13-10-22(3)14-8-6-5-7-12(13)14/h5-11,17,24H,1-4H3. The third kappa shape index (κ3) is 2.85. The summed E-state index contributed by atoms with van der Waals surface area (Å²) in [6.45, 7) is 3.94. The molecule has 1 aromatic carbocycles. The fourth-order valence-corrected chi connectivity index (χ4v) is 3.06. The Hall–Kier alpha value is -2.11. The van der Waals surface area contributed by atoms with E-state index in [1.165, 1.54) is 0 Å². The second-order valence-corrected chi connectivity index (χ2v) is 6.65. The van der Waals surface area contributed by atoms with Crippen LogP contribution in [0.25, 0.3) is 22.2 Å². The van der Waals surface area contributed by atoms with Crippen LogP contribution in [0.4, 0.5) is 5.69 Å². The van der Waals surface area contributed by atoms with Gasteiger partial charge in [-0.05, 0) is 23.6 Å². The number of hydrogen-bond donors (Lipinski definition) is 1. The maximum atomic E-state index is 10.4. The van der Waals surface area contributed by atoms with E-state index in [9.17, 15) is 5.11 Å². The molecule has 3 aromatic rings. The molecule has 2 heterocycles. The molecule has 0 bridgehead atoms. The lowest BCUT2D eigenvalue weighted by Gasteiger charge is -2.29. The van der Waals surface area contributed by atoms with E-state index in [0.717, 1.165) is 22.2 Å². The zero-order chi connectivity index (χ0) is 17.4. The van der Waals surface area contributed by atoms with Gasteiger partial charge in [0, 0.05) is 36.8 Å². The lowest BCUT2D eigenvalue weighted by atomic mass is 10.1. The van der Waals surface area contributed by atoms with Crippen molar-refractivity contribution in [3.8, 4) is 11.3 Å². The molecule has 0 spiro atoms. The summed E-state index contributed by atoms with van der Waals surface area (Å²) < 4.78 is 2.06. The second kappa shape index (κ2) is 6.42. The van der Waals surface area contributed by atoms with Crippen molar-refractivity contribution in [1.82, 2.24) is 14.5 Å². The fraction of sp³-hybridized carbons (Fsp3) is 0.333. The minimum Gasteiger partial charge on any atom is -0.373 e. The minimum atomic E-state index is -0.636. The number of rotatable bonds is 4. The van der Waals surface area contributed by atoms with Crippen LogP contribution in [0.3, 0.4) is 0 Å². The molecule has 3 rings (SSSR count). The number of para-hydroxylation sites is 1. The topological polar surface area (TPSA) is 54.2 Å². The molecule has 24 heavy (non-hydrogen) atoms. The van der Waals surface area contributed by atoms with Crippen LogP contribution >= 0.6 is 11.6 Å². The molecule has 1 N–H and O–H groups in total. The van der Waals surface area contributed by atoms with Gasteiger partial charge in [0.2, 0.25) is 5.28 Å². The first-order valence-electron chi connectivity index (χ1n) is 7.88. The fourth-order valence-electron chi connectivity index (χ4n) is 2.93. The highest BCUT2D eigenvalue weighted by Gasteiger charge is 2.22. The summed E-state index contributed by atoms with van der Waals surface area (Å²) in [6, 6.07) is 8.13. The number of aliphatic hydroxyl groups excluding tert-OH is 1. The molecular formula is C18H21ClN4O. The van der Waals surface area contributed by atoms with Crippen molar-refractivity contribution in [2.24, 2.45) is 13.0 Å². The van der Waals surface area contributed by atoms with Gasteiger partial charge in [0.1, 0.15) is 11.9 Å². The van der Waals surface area contributed by atoms with Gasteiger partial charge in [0.15, 0.2) is 0 Å². The number of benzene rings is 1. The van der Waals surface area contributed by atoms with E-state index in [-0.39, 0.29) is 11.2 Å². The van der Waals surface area contributed by atoms with Crippen molar-refractivity contribution in [1.29, 1.82) is 0 Å². The zero-order valence-corrected chi connectivity index (χ0v) is 15.0. The normalized spacial score (nSPS) is 12.8. The van der Waals surface area contributed by atoms with E-state index in [0.29, 0.717) is 5.69 Å². The smallest absolute Gasteiger partial charge is 0.223 e. The van der Waals surface area contributed by atoms with Crippen LogP contribution in [-0.2, 0) is 7.05 Å². The van der Waals surface area contributed by atoms with Crippen LogP contribution in [0.2, 0.25) is 5.28 Å². The molecule has 6 heteroatoms. The molecule has 0 aliphatic carbocycles. The molecule has 0 aliphatic heterocycles. The van der Waals surface area contributed by atoms with Crippen molar-refractivity contribution in [2.45, 2.75) is 20.1 Å². The Morgan fingerprint density at radius 3 is 2.67 bits per heavy atom. The van der Waals surface area contributed by atoms with E-state index in [4.69, 9.17) is 11.6 Å². The van der Waals surface area contributed by atoms with Gasteiger partial charge in [-0.1, -0.05) is 32.0 Å². The van der Waals surface area contributed by atoms with E-state index >= 15 is 0 Å². The number of halogens is 1. The molecule has 126 valence electrons. The van der Waals surface area contributed by atoms with Crippen LogP contribution in [0.5, 0.6) is 0 Å². The molecule has 5 nitrogen and oxygen atoms in total. The Morgan fingerprint density at radius 2 is 1.96 bits per heavy atom. The monoisotopic (exact) mass is 344 g/mol. The van der Waals surface area contributed by atoms with Gasteiger partial charge < -0.3 is 14.6 Å². The Bertz CT molecular complexity index is 875. The van der Waals surface area contributed by atoms with Gasteiger partial charge in [-0.2, -0.15) is 0 Å². The first kappa shape index (κ1) is 16.7. The molecule has 0 saturated carbocycles. The molecule has 0 radical (unpaired) electrons. The van der Waals surface area contributed by atoms with Crippen LogP contribution in [0, 0.1) is 5.92 Å². The lowest BCUT2D eigenvalue weighted by molar-refractivity contribution is 0.126. The van der Waals surface area contributed by atoms with Gasteiger partial charge in [-0.15, -0.1) is 0 Å². The van der Waals surface area contributed by atoms with Gasteiger partial charge in [-0.3, -0.25) is 0 Å². The third-order valence-electron chi connectivity index (χ3n) is 4.27. The molecule has 2 aromatic heterocycles. The van der Waals surface area contributed by atoms with Crippen molar-refractivity contribution in [3.63, 3.8) is 0 Å². The average molecular weight is 345 g/mol. The number of nitrogens with zero attached hydrogens (tertiary/aromatic N) is 4. The Labute approximate surface area is 146 Å². The Morgan fingerprint density at radius 1 is 1.25 bits per heavy atom. The lowest BCUT2D eigenvalue weighted by Crippen LogP contribution is -2.36. The molecule has 0 fully saturated rings. The highest BCUT2D eigenvalue weighted by atomic mass is 35.5. The number of aliphatic hydroxyl groups is 1. The van der Waals surface area contributed by atoms with Gasteiger partial charge in [0.25, 0.3) is 0 Å². The Balaban J connectivity index is 2.22. The van der Waals surface area contributed by atoms with Crippen LogP contribution in [-0.4, -0.2) is 32.9 Å². The predicted molar refractivity (Wildman–Crippen MR) is 98.2 cm³/mol. The van der Waals surface area contributed by atoms with Crippen molar-refractivity contribution in [3.05, 3.63) is 41.9 Å². The van der Waals surface area contributed by atoms with Crippen LogP contribution < -0.4 is 4.90 Å². The van der Waals surface area contributed by atoms with Crippen LogP contribution in [0.15, 0.2) is 36.7 Å². The number of fused-ring (bicyclic) bond motifs is 1. The largest absolute Gasteiger partial charge is 0.373 e. The highest BCUT2D eigenvalue weighted by molar-refractivity contribution is 6.28. The van der Waals surface area contributed by atoms with E-state index < -0.39 is 6.23 Å². The summed E-state index contributed by atoms with van der Waals surface area (Å²) in [5.41, 5.74) is 3.54. The number of anilines is 1. The molecule has 0 saturated heterocycles. The van der Waals surface area contributed by atoms with Crippen molar-refractivity contribution in [2.75, 3.05) is 11.9 Å². The summed E-state index contributed by atoms with van der Waals surface area (Å²) in [5, 5.41) is 11.7. The van der Waals surface area contributed by atoms with Crippen molar-refractivity contribution < 1.29 is 5.11 Å². The quantitative estimate of drug-likeness (QED) is 0.579. The maximum absolute atomic E-state index is 10.4. The minimum absolute atomic E-state index is 0.0750. The first-order valence-corrected chi connectivity index (χ1v) is 8.25. The summed E-state index contributed by atoms with van der Waals surface area (Å²) in [6.07, 6.45) is 3.06. The maximum Gasteiger partial charge on any atom is 0.223 e. The molecule has 0 aliphatic rings. The molecule has 1 unspecified atom stereocenters. The summed E-state index contributed by atoms with van der Waals surface area (Å²) in [4.78, 5) is 10.4. The molecular weight excluding hydrogens is 324 g/mol. The molecule has 0 amide bonds. The van der Waals surface area contributed by atoms with Crippen LogP contribution in [0.1, 0.15) is 13.8 Å². The van der Waals surface area contributed by atoms with Crippen molar-refractivity contribution >= 4 is 28.2 Å². The van der Waals surface area contributed by atoms with E-state index in [1.807, 2.05) is 46.3 Å². The van der Waals surface area contributed by atoms with E-state index in [1.54, 1.807) is 11.1 Å². The summed E-state index contributed by atoms with van der Waals surface area (Å²) >= 11 is 6.06. The van der Waals surface area contributed by atoms with Gasteiger partial charge in [-0.25, -0.2) is 9.97 Å². The molecule has 1 atom stereocenters. The predicted octanol–water partition coefficient (Wildman–Crippen LogP) is 3.70. The second-order valence-electron chi connectivity index (χ2n) is 6.31. The number of aryl methyl sites for hydroxylation is 1. The van der Waals surface area contributed by atoms with Gasteiger partial charge in [0.05, 0.1) is 11.9 Å².